The molecule has 0 unspecified atom stereocenters. The van der Waals surface area contributed by atoms with E-state index in [4.69, 9.17) is 4.74 Å². The summed E-state index contributed by atoms with van der Waals surface area (Å²) in [5.41, 5.74) is 1.69. The van der Waals surface area contributed by atoms with Gasteiger partial charge in [0.2, 0.25) is 5.82 Å². The van der Waals surface area contributed by atoms with Crippen molar-refractivity contribution in [3.8, 4) is 17.1 Å². The summed E-state index contributed by atoms with van der Waals surface area (Å²) < 4.78 is 6.28. The van der Waals surface area contributed by atoms with E-state index in [-0.39, 0.29) is 11.3 Å². The number of rotatable bonds is 2. The van der Waals surface area contributed by atoms with Gasteiger partial charge < -0.3 is 4.74 Å². The molecule has 2 heterocycles. The summed E-state index contributed by atoms with van der Waals surface area (Å²) in [6.07, 6.45) is 0. The summed E-state index contributed by atoms with van der Waals surface area (Å²) in [7, 11) is 1.60. The molecule has 0 spiro atoms. The minimum absolute atomic E-state index is 0.195. The molecule has 0 aliphatic heterocycles. The molecule has 0 bridgehead atoms. The number of benzene rings is 1. The Morgan fingerprint density at radius 3 is 2.48 bits per heavy atom. The van der Waals surface area contributed by atoms with E-state index in [9.17, 15) is 4.79 Å². The monoisotopic (exact) mass is 283 g/mol. The first kappa shape index (κ1) is 13.2. The molecule has 106 valence electrons. The lowest BCUT2D eigenvalue weighted by atomic mass is 10.2. The highest BCUT2D eigenvalue weighted by Crippen LogP contribution is 2.18. The van der Waals surface area contributed by atoms with E-state index in [1.54, 1.807) is 45.2 Å². The molecule has 0 N–H and O–H groups in total. The van der Waals surface area contributed by atoms with Crippen molar-refractivity contribution in [2.24, 2.45) is 0 Å². The molecule has 2 aromatic heterocycles. The van der Waals surface area contributed by atoms with Crippen molar-refractivity contribution in [2.45, 2.75) is 13.8 Å². The lowest BCUT2D eigenvalue weighted by molar-refractivity contribution is 0.415. The van der Waals surface area contributed by atoms with Crippen molar-refractivity contribution >= 4 is 5.78 Å². The molecule has 0 aliphatic rings. The van der Waals surface area contributed by atoms with Crippen LogP contribution in [0.3, 0.4) is 0 Å². The van der Waals surface area contributed by atoms with E-state index in [0.29, 0.717) is 17.1 Å². The maximum atomic E-state index is 12.2. The maximum Gasteiger partial charge on any atom is 0.278 e. The van der Waals surface area contributed by atoms with Gasteiger partial charge in [-0.05, 0) is 38.1 Å². The maximum absolute atomic E-state index is 12.2. The summed E-state index contributed by atoms with van der Waals surface area (Å²) in [6.45, 7) is 3.47. The van der Waals surface area contributed by atoms with E-state index < -0.39 is 0 Å². The molecule has 3 rings (SSSR count). The summed E-state index contributed by atoms with van der Waals surface area (Å²) in [5.74, 6) is 1.29. The predicted octanol–water partition coefficient (Wildman–Crippen LogP) is 1.17. The molecule has 0 saturated carbocycles. The Hall–Kier alpha value is -2.83. The molecule has 0 fully saturated rings. The quantitative estimate of drug-likeness (QED) is 0.702. The Bertz CT molecular complexity index is 871. The zero-order chi connectivity index (χ0) is 15.0. The molecule has 0 radical (unpaired) electrons. The zero-order valence-electron chi connectivity index (χ0n) is 11.9. The van der Waals surface area contributed by atoms with Crippen LogP contribution in [0.25, 0.3) is 17.2 Å². The van der Waals surface area contributed by atoms with Gasteiger partial charge in [0.15, 0.2) is 0 Å². The molecule has 7 heteroatoms. The Morgan fingerprint density at radius 1 is 1.10 bits per heavy atom. The highest BCUT2D eigenvalue weighted by atomic mass is 16.5. The fourth-order valence-corrected chi connectivity index (χ4v) is 1.90. The Balaban J connectivity index is 2.18. The van der Waals surface area contributed by atoms with Gasteiger partial charge in [0.25, 0.3) is 11.3 Å². The topological polar surface area (TPSA) is 82.3 Å². The van der Waals surface area contributed by atoms with Gasteiger partial charge in [0, 0.05) is 16.8 Å². The number of fused-ring (bicyclic) bond motifs is 1. The Kier molecular flexibility index (Phi) is 3.09. The van der Waals surface area contributed by atoms with E-state index in [1.165, 1.54) is 4.52 Å². The van der Waals surface area contributed by atoms with Crippen molar-refractivity contribution in [1.29, 1.82) is 0 Å². The van der Waals surface area contributed by atoms with Crippen LogP contribution in [0.4, 0.5) is 0 Å². The number of hydrogen-bond acceptors (Lipinski definition) is 6. The standard InChI is InChI=1S/C14H13N5O2/c1-8-9(2)15-14-17-16-12(18-19(14)13(8)20)10-4-6-11(21-3)7-5-10/h4-7H,1-3H3. The van der Waals surface area contributed by atoms with E-state index in [0.717, 1.165) is 11.3 Å². The summed E-state index contributed by atoms with van der Waals surface area (Å²) in [6, 6.07) is 7.21. The normalized spacial score (nSPS) is 10.8. The van der Waals surface area contributed by atoms with Crippen LogP contribution < -0.4 is 10.3 Å². The van der Waals surface area contributed by atoms with Gasteiger partial charge in [-0.2, -0.15) is 4.52 Å². The smallest absolute Gasteiger partial charge is 0.278 e. The number of ether oxygens (including phenoxy) is 1. The van der Waals surface area contributed by atoms with Crippen molar-refractivity contribution in [1.82, 2.24) is 24.8 Å². The number of methoxy groups -OCH3 is 1. The van der Waals surface area contributed by atoms with Crippen molar-refractivity contribution in [3.05, 3.63) is 45.9 Å². The van der Waals surface area contributed by atoms with Crippen LogP contribution in [0.1, 0.15) is 11.3 Å². The van der Waals surface area contributed by atoms with Crippen molar-refractivity contribution < 1.29 is 4.74 Å². The van der Waals surface area contributed by atoms with Gasteiger partial charge >= 0.3 is 0 Å². The van der Waals surface area contributed by atoms with Crippen LogP contribution in [0.2, 0.25) is 0 Å². The molecule has 0 atom stereocenters. The molecule has 0 saturated heterocycles. The number of aromatic nitrogens is 5. The molecular formula is C14H13N5O2. The second-order valence-corrected chi connectivity index (χ2v) is 4.59. The minimum Gasteiger partial charge on any atom is -0.497 e. The van der Waals surface area contributed by atoms with E-state index in [2.05, 4.69) is 20.3 Å². The fraction of sp³-hybridized carbons (Fsp3) is 0.214. The first-order valence-electron chi connectivity index (χ1n) is 6.35. The highest BCUT2D eigenvalue weighted by molar-refractivity contribution is 5.55. The minimum atomic E-state index is -0.234. The van der Waals surface area contributed by atoms with Crippen molar-refractivity contribution in [2.75, 3.05) is 7.11 Å². The largest absolute Gasteiger partial charge is 0.497 e. The number of hydrogen-bond donors (Lipinski definition) is 0. The molecular weight excluding hydrogens is 270 g/mol. The van der Waals surface area contributed by atoms with Gasteiger partial charge in [-0.1, -0.05) is 0 Å². The van der Waals surface area contributed by atoms with Crippen LogP contribution in [0.15, 0.2) is 29.1 Å². The molecule has 3 aromatic rings. The number of nitrogens with zero attached hydrogens (tertiary/aromatic N) is 5. The van der Waals surface area contributed by atoms with Gasteiger partial charge in [-0.15, -0.1) is 15.3 Å². The Morgan fingerprint density at radius 2 is 1.81 bits per heavy atom. The third kappa shape index (κ3) is 2.22. The first-order valence-corrected chi connectivity index (χ1v) is 6.35. The second kappa shape index (κ2) is 4.93. The third-order valence-corrected chi connectivity index (χ3v) is 3.29. The van der Waals surface area contributed by atoms with E-state index >= 15 is 0 Å². The fourth-order valence-electron chi connectivity index (χ4n) is 1.90. The molecule has 1 aromatic carbocycles. The lowest BCUT2D eigenvalue weighted by Crippen LogP contribution is -2.23. The average molecular weight is 283 g/mol. The Labute approximate surface area is 120 Å². The van der Waals surface area contributed by atoms with Crippen LogP contribution in [-0.2, 0) is 0 Å². The van der Waals surface area contributed by atoms with Crippen LogP contribution in [-0.4, -0.2) is 31.9 Å². The summed E-state index contributed by atoms with van der Waals surface area (Å²) >= 11 is 0. The predicted molar refractivity (Wildman–Crippen MR) is 76.3 cm³/mol. The SMILES string of the molecule is COc1ccc(-c2nnc3nc(C)c(C)c(=O)n3n2)cc1. The summed E-state index contributed by atoms with van der Waals surface area (Å²) in [5, 5.41) is 12.2. The summed E-state index contributed by atoms with van der Waals surface area (Å²) in [4.78, 5) is 16.4. The average Bonchev–Trinajstić information content (AvgIpc) is 2.53. The van der Waals surface area contributed by atoms with Crippen LogP contribution in [0, 0.1) is 13.8 Å². The van der Waals surface area contributed by atoms with Gasteiger partial charge in [0.1, 0.15) is 5.75 Å². The molecule has 0 aliphatic carbocycles. The third-order valence-electron chi connectivity index (χ3n) is 3.29. The highest BCUT2D eigenvalue weighted by Gasteiger charge is 2.10. The van der Waals surface area contributed by atoms with Crippen LogP contribution >= 0.6 is 0 Å². The van der Waals surface area contributed by atoms with Gasteiger partial charge in [0.05, 0.1) is 7.11 Å². The van der Waals surface area contributed by atoms with Gasteiger partial charge in [-0.25, -0.2) is 4.98 Å². The van der Waals surface area contributed by atoms with Crippen molar-refractivity contribution in [3.63, 3.8) is 0 Å². The van der Waals surface area contributed by atoms with E-state index in [1.807, 2.05) is 0 Å². The second-order valence-electron chi connectivity index (χ2n) is 4.59. The first-order chi connectivity index (χ1) is 10.1. The molecule has 21 heavy (non-hydrogen) atoms. The molecule has 7 nitrogen and oxygen atoms in total. The molecule has 0 amide bonds. The van der Waals surface area contributed by atoms with Crippen LogP contribution in [0.5, 0.6) is 5.75 Å². The lowest BCUT2D eigenvalue weighted by Gasteiger charge is -2.05. The number of aryl methyl sites for hydroxylation is 1. The van der Waals surface area contributed by atoms with Gasteiger partial charge in [-0.3, -0.25) is 4.79 Å². The zero-order valence-corrected chi connectivity index (χ0v) is 11.9.